The van der Waals surface area contributed by atoms with Crippen LogP contribution in [0.4, 0.5) is 5.69 Å². The molecule has 202 valence electrons. The lowest BCUT2D eigenvalue weighted by Gasteiger charge is -2.32. The highest BCUT2D eigenvalue weighted by Gasteiger charge is 2.32. The zero-order valence-electron chi connectivity index (χ0n) is 21.8. The second kappa shape index (κ2) is 12.9. The number of ether oxygens (including phenoxy) is 1. The number of carbonyl (C=O) groups is 2. The number of methoxy groups -OCH3 is 1. The summed E-state index contributed by atoms with van der Waals surface area (Å²) in [4.78, 5) is 28.0. The van der Waals surface area contributed by atoms with Gasteiger partial charge < -0.3 is 15.0 Å². The van der Waals surface area contributed by atoms with E-state index in [1.807, 2.05) is 31.2 Å². The molecule has 3 rings (SSSR count). The quantitative estimate of drug-likeness (QED) is 0.349. The van der Waals surface area contributed by atoms with Crippen LogP contribution in [0.2, 0.25) is 0 Å². The van der Waals surface area contributed by atoms with Gasteiger partial charge in [-0.05, 0) is 74.9 Å². The zero-order valence-corrected chi connectivity index (χ0v) is 24.3. The van der Waals surface area contributed by atoms with Crippen LogP contribution in [-0.2, 0) is 26.2 Å². The number of nitrogens with zero attached hydrogens (tertiary/aromatic N) is 2. The molecule has 3 aromatic carbocycles. The van der Waals surface area contributed by atoms with Crippen molar-refractivity contribution in [3.63, 3.8) is 0 Å². The molecule has 0 saturated carbocycles. The average Bonchev–Trinajstić information content (AvgIpc) is 2.91. The number of amides is 2. The van der Waals surface area contributed by atoms with Crippen molar-refractivity contribution in [2.75, 3.05) is 24.5 Å². The standard InChI is InChI=1S/C28H32BrN3O5S/c1-5-30-28(34)21(3)31(18-22-8-10-23(29)11-9-22)27(33)19-32(24-12-14-25(37-4)15-13-24)38(35,36)26-16-6-20(2)7-17-26/h6-17,21H,5,18-19H2,1-4H3,(H,30,34)/t21-/m0/s1. The van der Waals surface area contributed by atoms with Gasteiger partial charge in [0.05, 0.1) is 17.7 Å². The first-order valence-electron chi connectivity index (χ1n) is 12.1. The number of carbonyl (C=O) groups excluding carboxylic acids is 2. The van der Waals surface area contributed by atoms with Gasteiger partial charge in [-0.2, -0.15) is 0 Å². The Morgan fingerprint density at radius 1 is 0.974 bits per heavy atom. The van der Waals surface area contributed by atoms with Crippen molar-refractivity contribution in [1.29, 1.82) is 0 Å². The molecule has 8 nitrogen and oxygen atoms in total. The minimum Gasteiger partial charge on any atom is -0.497 e. The number of anilines is 1. The molecule has 0 aliphatic rings. The van der Waals surface area contributed by atoms with E-state index in [0.717, 1.165) is 19.9 Å². The number of hydrogen-bond donors (Lipinski definition) is 1. The Labute approximate surface area is 232 Å². The molecule has 3 aromatic rings. The van der Waals surface area contributed by atoms with Crippen molar-refractivity contribution in [3.05, 3.63) is 88.4 Å². The summed E-state index contributed by atoms with van der Waals surface area (Å²) in [5, 5.41) is 2.75. The first-order chi connectivity index (χ1) is 18.1. The fraction of sp³-hybridized carbons (Fsp3) is 0.286. The third kappa shape index (κ3) is 7.14. The van der Waals surface area contributed by atoms with Crippen molar-refractivity contribution < 1.29 is 22.7 Å². The Morgan fingerprint density at radius 2 is 1.58 bits per heavy atom. The summed E-state index contributed by atoms with van der Waals surface area (Å²) in [5.74, 6) is -0.289. The Balaban J connectivity index is 2.02. The van der Waals surface area contributed by atoms with Gasteiger partial charge in [-0.15, -0.1) is 0 Å². The lowest BCUT2D eigenvalue weighted by Crippen LogP contribution is -2.51. The van der Waals surface area contributed by atoms with Crippen molar-refractivity contribution in [2.24, 2.45) is 0 Å². The predicted octanol–water partition coefficient (Wildman–Crippen LogP) is 4.51. The summed E-state index contributed by atoms with van der Waals surface area (Å²) in [6.07, 6.45) is 0. The number of sulfonamides is 1. The number of halogens is 1. The smallest absolute Gasteiger partial charge is 0.264 e. The van der Waals surface area contributed by atoms with Crippen molar-refractivity contribution >= 4 is 43.5 Å². The number of benzene rings is 3. The molecule has 38 heavy (non-hydrogen) atoms. The number of nitrogens with one attached hydrogen (secondary N) is 1. The predicted molar refractivity (Wildman–Crippen MR) is 152 cm³/mol. The van der Waals surface area contributed by atoms with Crippen LogP contribution in [0, 0.1) is 6.92 Å². The molecule has 0 aliphatic carbocycles. The molecule has 10 heteroatoms. The summed E-state index contributed by atoms with van der Waals surface area (Å²) in [7, 11) is -2.60. The van der Waals surface area contributed by atoms with Gasteiger partial charge in [-0.25, -0.2) is 8.42 Å². The Hall–Kier alpha value is -3.37. The van der Waals surface area contributed by atoms with Gasteiger partial charge in [0.2, 0.25) is 11.8 Å². The molecule has 0 aromatic heterocycles. The molecule has 0 unspecified atom stereocenters. The van der Waals surface area contributed by atoms with Gasteiger partial charge in [0.1, 0.15) is 18.3 Å². The van der Waals surface area contributed by atoms with E-state index in [9.17, 15) is 18.0 Å². The average molecular weight is 603 g/mol. The summed E-state index contributed by atoms with van der Waals surface area (Å²) in [6, 6.07) is 19.4. The van der Waals surface area contributed by atoms with Crippen LogP contribution in [0.5, 0.6) is 5.75 Å². The number of likely N-dealkylation sites (N-methyl/N-ethyl adjacent to an activating group) is 1. The largest absolute Gasteiger partial charge is 0.497 e. The molecular weight excluding hydrogens is 570 g/mol. The molecule has 0 radical (unpaired) electrons. The third-order valence-corrected chi connectivity index (χ3v) is 8.35. The molecule has 1 atom stereocenters. The fourth-order valence-electron chi connectivity index (χ4n) is 3.81. The van der Waals surface area contributed by atoms with E-state index in [-0.39, 0.29) is 17.3 Å². The van der Waals surface area contributed by atoms with Crippen molar-refractivity contribution in [1.82, 2.24) is 10.2 Å². The van der Waals surface area contributed by atoms with Gasteiger partial charge in [0.15, 0.2) is 0 Å². The topological polar surface area (TPSA) is 96.0 Å². The van der Waals surface area contributed by atoms with Crippen molar-refractivity contribution in [2.45, 2.75) is 38.3 Å². The number of aryl methyl sites for hydroxylation is 1. The van der Waals surface area contributed by atoms with Crippen LogP contribution in [0.3, 0.4) is 0 Å². The molecule has 0 aliphatic heterocycles. The Morgan fingerprint density at radius 3 is 2.13 bits per heavy atom. The highest BCUT2D eigenvalue weighted by atomic mass is 79.9. The summed E-state index contributed by atoms with van der Waals surface area (Å²) >= 11 is 3.40. The van der Waals surface area contributed by atoms with E-state index in [1.165, 1.54) is 24.1 Å². The maximum absolute atomic E-state index is 13.8. The summed E-state index contributed by atoms with van der Waals surface area (Å²) in [5.41, 5.74) is 2.01. The summed E-state index contributed by atoms with van der Waals surface area (Å²) in [6.45, 7) is 5.33. The molecule has 0 saturated heterocycles. The van der Waals surface area contributed by atoms with E-state index >= 15 is 0 Å². The van der Waals surface area contributed by atoms with Crippen LogP contribution in [0.1, 0.15) is 25.0 Å². The lowest BCUT2D eigenvalue weighted by atomic mass is 10.1. The first kappa shape index (κ1) is 29.2. The lowest BCUT2D eigenvalue weighted by molar-refractivity contribution is -0.139. The van der Waals surface area contributed by atoms with Gasteiger partial charge in [-0.1, -0.05) is 45.8 Å². The SMILES string of the molecule is CCNC(=O)[C@H](C)N(Cc1ccc(Br)cc1)C(=O)CN(c1ccc(OC)cc1)S(=O)(=O)c1ccc(C)cc1. The molecular formula is C28H32BrN3O5S. The fourth-order valence-corrected chi connectivity index (χ4v) is 5.48. The Kier molecular flexibility index (Phi) is 9.93. The summed E-state index contributed by atoms with van der Waals surface area (Å²) < 4.78 is 34.8. The molecule has 0 fully saturated rings. The van der Waals surface area contributed by atoms with Crippen LogP contribution in [0.25, 0.3) is 0 Å². The third-order valence-electron chi connectivity index (χ3n) is 6.03. The normalized spacial score (nSPS) is 11.9. The molecule has 0 spiro atoms. The minimum atomic E-state index is -4.12. The first-order valence-corrected chi connectivity index (χ1v) is 14.3. The second-order valence-corrected chi connectivity index (χ2v) is 11.5. The number of rotatable bonds is 11. The van der Waals surface area contributed by atoms with E-state index in [4.69, 9.17) is 4.74 Å². The van der Waals surface area contributed by atoms with Gasteiger partial charge >= 0.3 is 0 Å². The van der Waals surface area contributed by atoms with Crippen molar-refractivity contribution in [3.8, 4) is 5.75 Å². The van der Waals surface area contributed by atoms with Gasteiger partial charge in [0.25, 0.3) is 10.0 Å². The highest BCUT2D eigenvalue weighted by molar-refractivity contribution is 9.10. The van der Waals surface area contributed by atoms with E-state index in [0.29, 0.717) is 18.0 Å². The molecule has 1 N–H and O–H groups in total. The highest BCUT2D eigenvalue weighted by Crippen LogP contribution is 2.27. The Bertz CT molecular complexity index is 1340. The molecule has 0 bridgehead atoms. The number of hydrogen-bond acceptors (Lipinski definition) is 5. The van der Waals surface area contributed by atoms with Crippen LogP contribution in [-0.4, -0.2) is 51.4 Å². The van der Waals surface area contributed by atoms with E-state index in [2.05, 4.69) is 21.2 Å². The van der Waals surface area contributed by atoms with E-state index < -0.39 is 28.5 Å². The zero-order chi connectivity index (χ0) is 27.9. The van der Waals surface area contributed by atoms with Crippen LogP contribution in [0.15, 0.2) is 82.2 Å². The monoisotopic (exact) mass is 601 g/mol. The van der Waals surface area contributed by atoms with Crippen LogP contribution >= 0.6 is 15.9 Å². The second-order valence-electron chi connectivity index (χ2n) is 8.74. The van der Waals surface area contributed by atoms with Crippen LogP contribution < -0.4 is 14.4 Å². The van der Waals surface area contributed by atoms with Gasteiger partial charge in [-0.3, -0.25) is 13.9 Å². The molecule has 0 heterocycles. The molecule has 2 amide bonds. The minimum absolute atomic E-state index is 0.0583. The van der Waals surface area contributed by atoms with Gasteiger partial charge in [0, 0.05) is 17.6 Å². The maximum Gasteiger partial charge on any atom is 0.264 e. The maximum atomic E-state index is 13.8. The van der Waals surface area contributed by atoms with E-state index in [1.54, 1.807) is 50.2 Å².